The summed E-state index contributed by atoms with van der Waals surface area (Å²) in [6.07, 6.45) is 0.936. The molecule has 20 heavy (non-hydrogen) atoms. The number of alkyl halides is 1. The fourth-order valence-corrected chi connectivity index (χ4v) is 3.52. The number of carbonyl (C=O) groups excluding carboxylic acids is 1. The summed E-state index contributed by atoms with van der Waals surface area (Å²) < 4.78 is 1.62. The minimum atomic E-state index is -0.0840. The molecule has 1 aromatic heterocycles. The van der Waals surface area contributed by atoms with E-state index in [1.807, 2.05) is 19.1 Å². The Hall–Kier alpha value is -1.62. The zero-order valence-electron chi connectivity index (χ0n) is 11.4. The van der Waals surface area contributed by atoms with Gasteiger partial charge in [-0.3, -0.25) is 9.48 Å². The molecular formula is C15H16BrN3O. The zero-order valence-corrected chi connectivity index (χ0v) is 13.0. The van der Waals surface area contributed by atoms with E-state index in [4.69, 9.17) is 0 Å². The summed E-state index contributed by atoms with van der Waals surface area (Å²) in [5.74, 6) is -0.0840. The number of rotatable bonds is 2. The Morgan fingerprint density at radius 1 is 1.45 bits per heavy atom. The molecule has 4 nitrogen and oxygen atoms in total. The maximum Gasteiger partial charge on any atom is 0.270 e. The van der Waals surface area contributed by atoms with Gasteiger partial charge in [-0.1, -0.05) is 40.2 Å². The topological polar surface area (TPSA) is 46.9 Å². The number of nitrogens with zero attached hydrogens (tertiary/aromatic N) is 2. The van der Waals surface area contributed by atoms with Gasteiger partial charge in [0.05, 0.1) is 11.7 Å². The first-order chi connectivity index (χ1) is 9.56. The fraction of sp³-hybridized carbons (Fsp3) is 0.333. The van der Waals surface area contributed by atoms with Crippen molar-refractivity contribution in [2.24, 2.45) is 7.05 Å². The van der Waals surface area contributed by atoms with E-state index in [0.29, 0.717) is 5.69 Å². The van der Waals surface area contributed by atoms with Crippen molar-refractivity contribution in [3.63, 3.8) is 0 Å². The van der Waals surface area contributed by atoms with Gasteiger partial charge < -0.3 is 5.32 Å². The van der Waals surface area contributed by atoms with Crippen molar-refractivity contribution in [1.82, 2.24) is 15.1 Å². The first-order valence-corrected chi connectivity index (χ1v) is 7.51. The maximum absolute atomic E-state index is 12.4. The van der Waals surface area contributed by atoms with Gasteiger partial charge in [0.2, 0.25) is 0 Å². The first-order valence-electron chi connectivity index (χ1n) is 6.59. The molecule has 5 heteroatoms. The molecule has 0 radical (unpaired) electrons. The van der Waals surface area contributed by atoms with Crippen LogP contribution in [0.1, 0.15) is 33.4 Å². The number of aryl methyl sites for hydroxylation is 2. The minimum Gasteiger partial charge on any atom is -0.343 e. The van der Waals surface area contributed by atoms with E-state index >= 15 is 0 Å². The molecule has 0 bridgehead atoms. The summed E-state index contributed by atoms with van der Waals surface area (Å²) in [5, 5.41) is 7.32. The summed E-state index contributed by atoms with van der Waals surface area (Å²) in [6.45, 7) is 1.88. The van der Waals surface area contributed by atoms with Crippen molar-refractivity contribution in [3.05, 3.63) is 52.8 Å². The van der Waals surface area contributed by atoms with Crippen LogP contribution in [0.15, 0.2) is 30.3 Å². The Kier molecular flexibility index (Phi) is 3.38. The predicted molar refractivity (Wildman–Crippen MR) is 81.0 cm³/mol. The lowest BCUT2D eigenvalue weighted by molar-refractivity contribution is 0.0928. The van der Waals surface area contributed by atoms with E-state index in [1.54, 1.807) is 17.8 Å². The standard InChI is InChI=1S/C15H16BrN3O/c1-9-7-13(19(2)18-9)15(20)17-14-11-6-4-3-5-10(11)8-12(14)16/h3-7,12,14H,8H2,1-2H3,(H,17,20). The third-order valence-corrected chi connectivity index (χ3v) is 4.54. The Balaban J connectivity index is 1.85. The number of nitrogens with one attached hydrogen (secondary N) is 1. The van der Waals surface area contributed by atoms with E-state index < -0.39 is 0 Å². The lowest BCUT2D eigenvalue weighted by Crippen LogP contribution is -2.32. The predicted octanol–water partition coefficient (Wildman–Crippen LogP) is 2.52. The minimum absolute atomic E-state index is 0.00825. The molecule has 2 aromatic rings. The van der Waals surface area contributed by atoms with Crippen LogP contribution in [0, 0.1) is 6.92 Å². The summed E-state index contributed by atoms with van der Waals surface area (Å²) >= 11 is 3.67. The number of carbonyl (C=O) groups is 1. The van der Waals surface area contributed by atoms with Gasteiger partial charge in [-0.15, -0.1) is 0 Å². The van der Waals surface area contributed by atoms with Crippen molar-refractivity contribution in [2.75, 3.05) is 0 Å². The van der Waals surface area contributed by atoms with Crippen molar-refractivity contribution in [1.29, 1.82) is 0 Å². The molecule has 1 amide bonds. The number of halogens is 1. The van der Waals surface area contributed by atoms with Crippen molar-refractivity contribution in [2.45, 2.75) is 24.2 Å². The van der Waals surface area contributed by atoms with Crippen molar-refractivity contribution in [3.8, 4) is 0 Å². The normalized spacial score (nSPS) is 20.8. The Morgan fingerprint density at radius 2 is 2.20 bits per heavy atom. The molecule has 0 saturated carbocycles. The molecule has 0 saturated heterocycles. The molecule has 0 fully saturated rings. The Bertz CT molecular complexity index is 665. The number of fused-ring (bicyclic) bond motifs is 1. The van der Waals surface area contributed by atoms with Gasteiger partial charge >= 0.3 is 0 Å². The average molecular weight is 334 g/mol. The van der Waals surface area contributed by atoms with Gasteiger partial charge in [-0.2, -0.15) is 5.10 Å². The zero-order chi connectivity index (χ0) is 14.3. The van der Waals surface area contributed by atoms with E-state index in [1.165, 1.54) is 11.1 Å². The van der Waals surface area contributed by atoms with Crippen LogP contribution in [0.4, 0.5) is 0 Å². The van der Waals surface area contributed by atoms with Crippen LogP contribution in [0.5, 0.6) is 0 Å². The molecule has 2 unspecified atom stereocenters. The lowest BCUT2D eigenvalue weighted by atomic mass is 10.1. The van der Waals surface area contributed by atoms with Crippen molar-refractivity contribution >= 4 is 21.8 Å². The van der Waals surface area contributed by atoms with E-state index in [-0.39, 0.29) is 16.8 Å². The highest BCUT2D eigenvalue weighted by molar-refractivity contribution is 9.09. The van der Waals surface area contributed by atoms with Crippen LogP contribution in [-0.2, 0) is 13.5 Å². The number of aromatic nitrogens is 2. The number of amides is 1. The SMILES string of the molecule is Cc1cc(C(=O)NC2c3ccccc3CC2Br)n(C)n1. The number of benzene rings is 1. The van der Waals surface area contributed by atoms with Crippen LogP contribution in [-0.4, -0.2) is 20.5 Å². The molecule has 2 atom stereocenters. The molecule has 1 aliphatic carbocycles. The summed E-state index contributed by atoms with van der Waals surface area (Å²) in [7, 11) is 1.79. The maximum atomic E-state index is 12.4. The van der Waals surface area contributed by atoms with Crippen LogP contribution in [0.3, 0.4) is 0 Å². The second-order valence-electron chi connectivity index (χ2n) is 5.16. The monoisotopic (exact) mass is 333 g/mol. The lowest BCUT2D eigenvalue weighted by Gasteiger charge is -2.17. The van der Waals surface area contributed by atoms with Gasteiger partial charge in [0.15, 0.2) is 0 Å². The van der Waals surface area contributed by atoms with Crippen molar-refractivity contribution < 1.29 is 4.79 Å². The van der Waals surface area contributed by atoms with E-state index in [9.17, 15) is 4.79 Å². The van der Waals surface area contributed by atoms with Gasteiger partial charge in [-0.25, -0.2) is 0 Å². The second kappa shape index (κ2) is 5.05. The van der Waals surface area contributed by atoms with Gasteiger partial charge in [0.1, 0.15) is 5.69 Å². The molecule has 1 aliphatic rings. The highest BCUT2D eigenvalue weighted by Crippen LogP contribution is 2.35. The molecule has 3 rings (SSSR count). The van der Waals surface area contributed by atoms with Crippen LogP contribution < -0.4 is 5.32 Å². The number of hydrogen-bond acceptors (Lipinski definition) is 2. The van der Waals surface area contributed by atoms with Gasteiger partial charge in [0, 0.05) is 11.9 Å². The van der Waals surface area contributed by atoms with E-state index in [0.717, 1.165) is 12.1 Å². The van der Waals surface area contributed by atoms with Crippen LogP contribution in [0.2, 0.25) is 0 Å². The molecule has 1 N–H and O–H groups in total. The molecule has 1 heterocycles. The molecule has 0 spiro atoms. The third-order valence-electron chi connectivity index (χ3n) is 3.69. The number of hydrogen-bond donors (Lipinski definition) is 1. The molecule has 104 valence electrons. The summed E-state index contributed by atoms with van der Waals surface area (Å²) in [5.41, 5.74) is 3.92. The molecular weight excluding hydrogens is 318 g/mol. The summed E-state index contributed by atoms with van der Waals surface area (Å²) in [6, 6.07) is 10.1. The highest BCUT2D eigenvalue weighted by Gasteiger charge is 2.32. The molecule has 1 aromatic carbocycles. The van der Waals surface area contributed by atoms with E-state index in [2.05, 4.69) is 38.5 Å². The molecule has 0 aliphatic heterocycles. The largest absolute Gasteiger partial charge is 0.343 e. The Labute approximate surface area is 126 Å². The van der Waals surface area contributed by atoms with Crippen LogP contribution >= 0.6 is 15.9 Å². The van der Waals surface area contributed by atoms with Crippen LogP contribution in [0.25, 0.3) is 0 Å². The van der Waals surface area contributed by atoms with Gasteiger partial charge in [0.25, 0.3) is 5.91 Å². The Morgan fingerprint density at radius 3 is 2.90 bits per heavy atom. The summed E-state index contributed by atoms with van der Waals surface area (Å²) in [4.78, 5) is 12.6. The third kappa shape index (κ3) is 2.26. The fourth-order valence-electron chi connectivity index (χ4n) is 2.75. The quantitative estimate of drug-likeness (QED) is 0.858. The smallest absolute Gasteiger partial charge is 0.270 e. The first kappa shape index (κ1) is 13.4. The second-order valence-corrected chi connectivity index (χ2v) is 6.34. The van der Waals surface area contributed by atoms with Gasteiger partial charge in [-0.05, 0) is 30.5 Å². The highest BCUT2D eigenvalue weighted by atomic mass is 79.9. The average Bonchev–Trinajstić information content (AvgIpc) is 2.90.